The molecule has 0 fully saturated rings. The van der Waals surface area contributed by atoms with Crippen molar-refractivity contribution >= 4 is 23.8 Å². The van der Waals surface area contributed by atoms with Crippen LogP contribution in [0.3, 0.4) is 0 Å². The Labute approximate surface area is 144 Å². The van der Waals surface area contributed by atoms with E-state index in [2.05, 4.69) is 4.99 Å². The quantitative estimate of drug-likeness (QED) is 0.699. The van der Waals surface area contributed by atoms with Crippen molar-refractivity contribution in [3.63, 3.8) is 0 Å². The molecule has 1 N–H and O–H groups in total. The molecule has 3 rings (SSSR count). The predicted molar refractivity (Wildman–Crippen MR) is 95.5 cm³/mol. The van der Waals surface area contributed by atoms with Crippen LogP contribution in [-0.4, -0.2) is 21.9 Å². The smallest absolute Gasteiger partial charge is 0.335 e. The Hall–Kier alpha value is -2.85. The molecule has 0 unspecified atom stereocenters. The fraction of sp³-hybridized carbons (Fsp3) is 0.0526. The Morgan fingerprint density at radius 2 is 1.79 bits per heavy atom. The summed E-state index contributed by atoms with van der Waals surface area (Å²) in [5.74, 6) is -0.925. The van der Waals surface area contributed by atoms with Crippen LogP contribution >= 0.6 is 11.6 Å². The van der Waals surface area contributed by atoms with Crippen molar-refractivity contribution in [1.82, 2.24) is 4.57 Å². The van der Waals surface area contributed by atoms with E-state index in [9.17, 15) is 4.79 Å². The second-order valence-corrected chi connectivity index (χ2v) is 5.69. The molecule has 1 aromatic heterocycles. The van der Waals surface area contributed by atoms with E-state index in [0.717, 1.165) is 16.9 Å². The largest absolute Gasteiger partial charge is 0.478 e. The molecule has 4 nitrogen and oxygen atoms in total. The highest BCUT2D eigenvalue weighted by Gasteiger charge is 2.02. The van der Waals surface area contributed by atoms with Crippen molar-refractivity contribution in [1.29, 1.82) is 0 Å². The number of carboxylic acids is 1. The predicted octanol–water partition coefficient (Wildman–Crippen LogP) is 4.45. The zero-order valence-electron chi connectivity index (χ0n) is 12.8. The number of rotatable bonds is 5. The van der Waals surface area contributed by atoms with Gasteiger partial charge in [0, 0.05) is 23.1 Å². The highest BCUT2D eigenvalue weighted by molar-refractivity contribution is 6.30. The van der Waals surface area contributed by atoms with Gasteiger partial charge in [0.15, 0.2) is 0 Å². The normalized spacial score (nSPS) is 11.0. The Kier molecular flexibility index (Phi) is 4.77. The summed E-state index contributed by atoms with van der Waals surface area (Å²) in [6.45, 7) is 0.492. The summed E-state index contributed by atoms with van der Waals surface area (Å²) in [7, 11) is 0. The fourth-order valence-corrected chi connectivity index (χ4v) is 2.46. The molecule has 0 aliphatic rings. The molecule has 0 radical (unpaired) electrons. The van der Waals surface area contributed by atoms with Gasteiger partial charge < -0.3 is 9.67 Å². The van der Waals surface area contributed by atoms with Crippen molar-refractivity contribution in [2.24, 2.45) is 4.99 Å². The summed E-state index contributed by atoms with van der Waals surface area (Å²) >= 11 is 5.92. The minimum atomic E-state index is -0.925. The first-order valence-electron chi connectivity index (χ1n) is 7.39. The van der Waals surface area contributed by atoms with Crippen LogP contribution in [0.5, 0.6) is 0 Å². The lowest BCUT2D eigenvalue weighted by Gasteiger charge is -2.06. The van der Waals surface area contributed by atoms with E-state index < -0.39 is 5.97 Å². The Balaban J connectivity index is 1.72. The summed E-state index contributed by atoms with van der Waals surface area (Å²) in [5.41, 5.74) is 3.20. The Morgan fingerprint density at radius 1 is 1.08 bits per heavy atom. The molecule has 0 amide bonds. The van der Waals surface area contributed by atoms with E-state index >= 15 is 0 Å². The maximum absolute atomic E-state index is 10.8. The third kappa shape index (κ3) is 3.73. The number of aromatic carboxylic acids is 1. The van der Waals surface area contributed by atoms with Crippen LogP contribution in [0.2, 0.25) is 5.02 Å². The molecule has 1 heterocycles. The summed E-state index contributed by atoms with van der Waals surface area (Å²) in [6.07, 6.45) is 3.77. The SMILES string of the molecule is O=C(O)c1ccc(CN=Cc2cccn2-c2ccc(Cl)cc2)cc1. The summed E-state index contributed by atoms with van der Waals surface area (Å²) < 4.78 is 2.02. The van der Waals surface area contributed by atoms with Gasteiger partial charge in [-0.15, -0.1) is 0 Å². The van der Waals surface area contributed by atoms with Gasteiger partial charge in [0.05, 0.1) is 17.8 Å². The van der Waals surface area contributed by atoms with Gasteiger partial charge in [-0.3, -0.25) is 4.99 Å². The lowest BCUT2D eigenvalue weighted by atomic mass is 10.1. The van der Waals surface area contributed by atoms with Crippen LogP contribution in [0, 0.1) is 0 Å². The number of hydrogen-bond donors (Lipinski definition) is 1. The van der Waals surface area contributed by atoms with Crippen LogP contribution < -0.4 is 0 Å². The number of carbonyl (C=O) groups is 1. The second kappa shape index (κ2) is 7.15. The number of aromatic nitrogens is 1. The monoisotopic (exact) mass is 338 g/mol. The lowest BCUT2D eigenvalue weighted by molar-refractivity contribution is 0.0697. The van der Waals surface area contributed by atoms with Gasteiger partial charge in [-0.05, 0) is 54.1 Å². The van der Waals surface area contributed by atoms with E-state index in [4.69, 9.17) is 16.7 Å². The first-order valence-corrected chi connectivity index (χ1v) is 7.76. The number of benzene rings is 2. The molecule has 0 aliphatic carbocycles. The molecule has 5 heteroatoms. The molecular weight excluding hydrogens is 324 g/mol. The number of hydrogen-bond acceptors (Lipinski definition) is 2. The minimum absolute atomic E-state index is 0.277. The number of aliphatic imine (C=N–C) groups is 1. The molecule has 0 saturated carbocycles. The maximum atomic E-state index is 10.8. The highest BCUT2D eigenvalue weighted by Crippen LogP contribution is 2.15. The second-order valence-electron chi connectivity index (χ2n) is 5.25. The van der Waals surface area contributed by atoms with E-state index in [1.807, 2.05) is 47.2 Å². The molecule has 0 bridgehead atoms. The van der Waals surface area contributed by atoms with Gasteiger partial charge in [0.1, 0.15) is 0 Å². The molecule has 0 spiro atoms. The third-order valence-corrected chi connectivity index (χ3v) is 3.84. The van der Waals surface area contributed by atoms with Crippen molar-refractivity contribution in [3.05, 3.63) is 88.7 Å². The zero-order chi connectivity index (χ0) is 16.9. The average molecular weight is 339 g/mol. The topological polar surface area (TPSA) is 54.6 Å². The van der Waals surface area contributed by atoms with Gasteiger partial charge in [-0.25, -0.2) is 4.79 Å². The first kappa shape index (κ1) is 16.0. The summed E-state index contributed by atoms with van der Waals surface area (Å²) in [6, 6.07) is 18.3. The van der Waals surface area contributed by atoms with Gasteiger partial charge in [0.2, 0.25) is 0 Å². The van der Waals surface area contributed by atoms with Crippen molar-refractivity contribution < 1.29 is 9.90 Å². The van der Waals surface area contributed by atoms with E-state index in [-0.39, 0.29) is 5.56 Å². The average Bonchev–Trinajstić information content (AvgIpc) is 3.04. The molecule has 24 heavy (non-hydrogen) atoms. The first-order chi connectivity index (χ1) is 11.6. The van der Waals surface area contributed by atoms with Crippen LogP contribution in [0.4, 0.5) is 0 Å². The maximum Gasteiger partial charge on any atom is 0.335 e. The Bertz CT molecular complexity index is 865. The minimum Gasteiger partial charge on any atom is -0.478 e. The van der Waals surface area contributed by atoms with Gasteiger partial charge in [0.25, 0.3) is 0 Å². The van der Waals surface area contributed by atoms with Gasteiger partial charge in [-0.2, -0.15) is 0 Å². The molecule has 0 aliphatic heterocycles. The van der Waals surface area contributed by atoms with E-state index in [0.29, 0.717) is 11.6 Å². The van der Waals surface area contributed by atoms with Crippen LogP contribution in [0.15, 0.2) is 71.9 Å². The molecule has 0 atom stereocenters. The molecule has 3 aromatic rings. The number of carboxylic acid groups (broad SMARTS) is 1. The van der Waals surface area contributed by atoms with Gasteiger partial charge >= 0.3 is 5.97 Å². The molecule has 2 aromatic carbocycles. The number of nitrogens with zero attached hydrogens (tertiary/aromatic N) is 2. The van der Waals surface area contributed by atoms with Crippen LogP contribution in [0.25, 0.3) is 5.69 Å². The number of halogens is 1. The Morgan fingerprint density at radius 3 is 2.46 bits per heavy atom. The lowest BCUT2D eigenvalue weighted by Crippen LogP contribution is -1.98. The fourth-order valence-electron chi connectivity index (χ4n) is 2.33. The molecular formula is C19H15ClN2O2. The van der Waals surface area contributed by atoms with Crippen molar-refractivity contribution in [2.75, 3.05) is 0 Å². The van der Waals surface area contributed by atoms with E-state index in [1.165, 1.54) is 0 Å². The summed E-state index contributed by atoms with van der Waals surface area (Å²) in [5, 5.41) is 9.59. The zero-order valence-corrected chi connectivity index (χ0v) is 13.5. The molecule has 0 saturated heterocycles. The van der Waals surface area contributed by atoms with Crippen molar-refractivity contribution in [2.45, 2.75) is 6.54 Å². The van der Waals surface area contributed by atoms with Crippen LogP contribution in [0.1, 0.15) is 21.6 Å². The standard InChI is InChI=1S/C19H15ClN2O2/c20-16-7-9-17(10-8-16)22-11-1-2-18(22)13-21-12-14-3-5-15(6-4-14)19(23)24/h1-11,13H,12H2,(H,23,24). The molecule has 120 valence electrons. The highest BCUT2D eigenvalue weighted by atomic mass is 35.5. The third-order valence-electron chi connectivity index (χ3n) is 3.58. The van der Waals surface area contributed by atoms with E-state index in [1.54, 1.807) is 30.5 Å². The summed E-state index contributed by atoms with van der Waals surface area (Å²) in [4.78, 5) is 15.3. The van der Waals surface area contributed by atoms with Gasteiger partial charge in [-0.1, -0.05) is 23.7 Å². The van der Waals surface area contributed by atoms with Crippen LogP contribution in [-0.2, 0) is 6.54 Å². The van der Waals surface area contributed by atoms with Crippen molar-refractivity contribution in [3.8, 4) is 5.69 Å².